The SMILES string of the molecule is CCc1nc2ccc(C(=O)O)cc2n1C(CC)CC. The molecule has 0 fully saturated rings. The fraction of sp³-hybridized carbons (Fsp3) is 0.467. The van der Waals surface area contributed by atoms with E-state index in [1.54, 1.807) is 18.2 Å². The van der Waals surface area contributed by atoms with Crippen LogP contribution in [-0.2, 0) is 6.42 Å². The summed E-state index contributed by atoms with van der Waals surface area (Å²) in [7, 11) is 0. The van der Waals surface area contributed by atoms with E-state index in [1.165, 1.54) is 0 Å². The molecule has 0 atom stereocenters. The summed E-state index contributed by atoms with van der Waals surface area (Å²) >= 11 is 0. The smallest absolute Gasteiger partial charge is 0.335 e. The Morgan fingerprint density at radius 1 is 1.32 bits per heavy atom. The summed E-state index contributed by atoms with van der Waals surface area (Å²) < 4.78 is 2.21. The second-order valence-electron chi connectivity index (χ2n) is 4.73. The molecular formula is C15H20N2O2. The molecule has 2 rings (SSSR count). The Balaban J connectivity index is 2.69. The molecule has 1 heterocycles. The van der Waals surface area contributed by atoms with Crippen molar-refractivity contribution < 1.29 is 9.90 Å². The number of aryl methyl sites for hydroxylation is 1. The van der Waals surface area contributed by atoms with Crippen molar-refractivity contribution in [3.63, 3.8) is 0 Å². The first-order valence-electron chi connectivity index (χ1n) is 6.86. The summed E-state index contributed by atoms with van der Waals surface area (Å²) in [5, 5.41) is 9.12. The lowest BCUT2D eigenvalue weighted by atomic mass is 10.1. The molecule has 1 aromatic carbocycles. The van der Waals surface area contributed by atoms with Crippen molar-refractivity contribution in [3.05, 3.63) is 29.6 Å². The predicted octanol–water partition coefficient (Wildman–Crippen LogP) is 3.66. The Hall–Kier alpha value is -1.84. The van der Waals surface area contributed by atoms with Gasteiger partial charge in [0.2, 0.25) is 0 Å². The van der Waals surface area contributed by atoms with Crippen LogP contribution >= 0.6 is 0 Å². The maximum Gasteiger partial charge on any atom is 0.335 e. The first-order chi connectivity index (χ1) is 9.12. The minimum Gasteiger partial charge on any atom is -0.478 e. The maximum atomic E-state index is 11.1. The zero-order valence-corrected chi connectivity index (χ0v) is 11.7. The van der Waals surface area contributed by atoms with E-state index in [0.29, 0.717) is 11.6 Å². The Kier molecular flexibility index (Phi) is 3.88. The zero-order valence-electron chi connectivity index (χ0n) is 11.7. The third-order valence-electron chi connectivity index (χ3n) is 3.63. The third-order valence-corrected chi connectivity index (χ3v) is 3.63. The van der Waals surface area contributed by atoms with E-state index in [4.69, 9.17) is 5.11 Å². The van der Waals surface area contributed by atoms with Gasteiger partial charge in [-0.3, -0.25) is 0 Å². The largest absolute Gasteiger partial charge is 0.478 e. The van der Waals surface area contributed by atoms with Crippen LogP contribution in [0, 0.1) is 0 Å². The fourth-order valence-electron chi connectivity index (χ4n) is 2.59. The quantitative estimate of drug-likeness (QED) is 0.892. The van der Waals surface area contributed by atoms with Crippen LogP contribution in [0.25, 0.3) is 11.0 Å². The van der Waals surface area contributed by atoms with Gasteiger partial charge in [0.1, 0.15) is 5.82 Å². The third kappa shape index (κ3) is 2.35. The van der Waals surface area contributed by atoms with Gasteiger partial charge in [-0.2, -0.15) is 0 Å². The number of aromatic nitrogens is 2. The number of rotatable bonds is 5. The number of nitrogens with zero attached hydrogens (tertiary/aromatic N) is 2. The Morgan fingerprint density at radius 2 is 2.00 bits per heavy atom. The number of carboxylic acid groups (broad SMARTS) is 1. The first-order valence-corrected chi connectivity index (χ1v) is 6.86. The van der Waals surface area contributed by atoms with Gasteiger partial charge in [-0.15, -0.1) is 0 Å². The van der Waals surface area contributed by atoms with Crippen molar-refractivity contribution in [2.45, 2.75) is 46.1 Å². The number of fused-ring (bicyclic) bond motifs is 1. The topological polar surface area (TPSA) is 55.1 Å². The molecule has 2 aromatic rings. The van der Waals surface area contributed by atoms with Crippen LogP contribution < -0.4 is 0 Å². The molecule has 0 radical (unpaired) electrons. The number of carbonyl (C=O) groups is 1. The lowest BCUT2D eigenvalue weighted by Crippen LogP contribution is -2.10. The van der Waals surface area contributed by atoms with Gasteiger partial charge in [-0.05, 0) is 31.0 Å². The monoisotopic (exact) mass is 260 g/mol. The molecule has 0 unspecified atom stereocenters. The molecule has 4 heteroatoms. The summed E-state index contributed by atoms with van der Waals surface area (Å²) in [6.45, 7) is 6.39. The highest BCUT2D eigenvalue weighted by atomic mass is 16.4. The Morgan fingerprint density at radius 3 is 2.53 bits per heavy atom. The first kappa shape index (κ1) is 13.6. The highest BCUT2D eigenvalue weighted by molar-refractivity contribution is 5.92. The number of imidazole rings is 1. The van der Waals surface area contributed by atoms with Crippen LogP contribution in [0.1, 0.15) is 55.8 Å². The van der Waals surface area contributed by atoms with Crippen molar-refractivity contribution in [2.24, 2.45) is 0 Å². The van der Waals surface area contributed by atoms with Crippen molar-refractivity contribution in [2.75, 3.05) is 0 Å². The number of benzene rings is 1. The lowest BCUT2D eigenvalue weighted by Gasteiger charge is -2.18. The van der Waals surface area contributed by atoms with E-state index in [2.05, 4.69) is 30.3 Å². The summed E-state index contributed by atoms with van der Waals surface area (Å²) in [6.07, 6.45) is 2.89. The van der Waals surface area contributed by atoms with E-state index in [-0.39, 0.29) is 0 Å². The van der Waals surface area contributed by atoms with Crippen molar-refractivity contribution >= 4 is 17.0 Å². The number of carboxylic acids is 1. The normalized spacial score (nSPS) is 11.4. The zero-order chi connectivity index (χ0) is 14.0. The summed E-state index contributed by atoms with van der Waals surface area (Å²) in [5.74, 6) is 0.142. The average Bonchev–Trinajstić information content (AvgIpc) is 2.78. The second-order valence-corrected chi connectivity index (χ2v) is 4.73. The van der Waals surface area contributed by atoms with Crippen LogP contribution in [-0.4, -0.2) is 20.6 Å². The Labute approximate surface area is 113 Å². The lowest BCUT2D eigenvalue weighted by molar-refractivity contribution is 0.0697. The molecule has 0 spiro atoms. The van der Waals surface area contributed by atoms with E-state index < -0.39 is 5.97 Å². The molecule has 0 saturated heterocycles. The molecule has 1 N–H and O–H groups in total. The van der Waals surface area contributed by atoms with Crippen LogP contribution in [0.3, 0.4) is 0 Å². The maximum absolute atomic E-state index is 11.1. The molecule has 1 aromatic heterocycles. The molecule has 4 nitrogen and oxygen atoms in total. The fourth-order valence-corrected chi connectivity index (χ4v) is 2.59. The van der Waals surface area contributed by atoms with Gasteiger partial charge in [-0.1, -0.05) is 20.8 Å². The van der Waals surface area contributed by atoms with E-state index in [9.17, 15) is 4.79 Å². The highest BCUT2D eigenvalue weighted by Gasteiger charge is 2.17. The molecule has 0 saturated carbocycles. The minimum atomic E-state index is -0.891. The van der Waals surface area contributed by atoms with Crippen molar-refractivity contribution in [3.8, 4) is 0 Å². The van der Waals surface area contributed by atoms with Gasteiger partial charge < -0.3 is 9.67 Å². The number of aromatic carboxylic acids is 1. The highest BCUT2D eigenvalue weighted by Crippen LogP contribution is 2.26. The molecule has 0 aliphatic heterocycles. The minimum absolute atomic E-state index is 0.322. The number of hydrogen-bond acceptors (Lipinski definition) is 2. The molecule has 0 amide bonds. The molecule has 102 valence electrons. The van der Waals surface area contributed by atoms with Gasteiger partial charge in [0.05, 0.1) is 16.6 Å². The predicted molar refractivity (Wildman–Crippen MR) is 75.7 cm³/mol. The molecule has 0 bridgehead atoms. The Bertz CT molecular complexity index is 597. The molecular weight excluding hydrogens is 240 g/mol. The summed E-state index contributed by atoms with van der Waals surface area (Å²) in [4.78, 5) is 15.7. The van der Waals surface area contributed by atoms with Crippen LogP contribution in [0.4, 0.5) is 0 Å². The molecule has 0 aliphatic rings. The van der Waals surface area contributed by atoms with Crippen LogP contribution in [0.5, 0.6) is 0 Å². The summed E-state index contributed by atoms with van der Waals surface area (Å²) in [6, 6.07) is 5.54. The molecule has 19 heavy (non-hydrogen) atoms. The van der Waals surface area contributed by atoms with Crippen molar-refractivity contribution in [1.29, 1.82) is 0 Å². The van der Waals surface area contributed by atoms with E-state index >= 15 is 0 Å². The van der Waals surface area contributed by atoms with Crippen LogP contribution in [0.2, 0.25) is 0 Å². The van der Waals surface area contributed by atoms with Gasteiger partial charge in [0.25, 0.3) is 0 Å². The van der Waals surface area contributed by atoms with Gasteiger partial charge in [0.15, 0.2) is 0 Å². The molecule has 0 aliphatic carbocycles. The van der Waals surface area contributed by atoms with E-state index in [0.717, 1.165) is 36.1 Å². The summed E-state index contributed by atoms with van der Waals surface area (Å²) in [5.41, 5.74) is 2.14. The standard InChI is InChI=1S/C15H20N2O2/c1-4-11(5-2)17-13-9-10(15(18)19)7-8-12(13)16-14(17)6-3/h7-9,11H,4-6H2,1-3H3,(H,18,19). The van der Waals surface area contributed by atoms with Gasteiger partial charge >= 0.3 is 5.97 Å². The van der Waals surface area contributed by atoms with E-state index in [1.807, 2.05) is 0 Å². The van der Waals surface area contributed by atoms with Gasteiger partial charge in [0, 0.05) is 12.5 Å². The second kappa shape index (κ2) is 5.43. The van der Waals surface area contributed by atoms with Crippen LogP contribution in [0.15, 0.2) is 18.2 Å². The number of hydrogen-bond donors (Lipinski definition) is 1. The van der Waals surface area contributed by atoms with Gasteiger partial charge in [-0.25, -0.2) is 9.78 Å². The van der Waals surface area contributed by atoms with Crippen molar-refractivity contribution in [1.82, 2.24) is 9.55 Å². The average molecular weight is 260 g/mol.